The van der Waals surface area contributed by atoms with E-state index in [1.165, 1.54) is 0 Å². The van der Waals surface area contributed by atoms with E-state index in [0.717, 1.165) is 22.2 Å². The number of pyridine rings is 1. The Balaban J connectivity index is 2.18. The van der Waals surface area contributed by atoms with Crippen molar-refractivity contribution >= 4 is 33.3 Å². The minimum absolute atomic E-state index is 0.0250. The van der Waals surface area contributed by atoms with Crippen molar-refractivity contribution in [3.8, 4) is 0 Å². The molecule has 0 N–H and O–H groups in total. The smallest absolute Gasteiger partial charge is 0.170 e. The summed E-state index contributed by atoms with van der Waals surface area (Å²) in [4.78, 5) is 16.5. The monoisotopic (exact) mass is 337 g/mol. The molecule has 2 aromatic rings. The van der Waals surface area contributed by atoms with Crippen LogP contribution in [0, 0.1) is 0 Å². The number of halogens is 2. The van der Waals surface area contributed by atoms with E-state index in [1.807, 2.05) is 24.4 Å². The van der Waals surface area contributed by atoms with Gasteiger partial charge < -0.3 is 0 Å². The number of carbonyl (C=O) groups excluding carboxylic acids is 1. The SMILES string of the molecule is CCc1ccc(CC(=O)c2cc(Br)ccc2Cl)nc1. The van der Waals surface area contributed by atoms with E-state index < -0.39 is 0 Å². The van der Waals surface area contributed by atoms with E-state index in [9.17, 15) is 4.79 Å². The van der Waals surface area contributed by atoms with Crippen molar-refractivity contribution in [1.29, 1.82) is 0 Å². The van der Waals surface area contributed by atoms with Crippen LogP contribution in [0.4, 0.5) is 0 Å². The maximum atomic E-state index is 12.2. The van der Waals surface area contributed by atoms with E-state index in [1.54, 1.807) is 12.1 Å². The normalized spacial score (nSPS) is 10.5. The van der Waals surface area contributed by atoms with Gasteiger partial charge in [-0.1, -0.05) is 40.5 Å². The van der Waals surface area contributed by atoms with Crippen LogP contribution in [0.3, 0.4) is 0 Å². The number of benzene rings is 1. The first-order chi connectivity index (χ1) is 9.10. The molecule has 0 aliphatic rings. The van der Waals surface area contributed by atoms with Crippen LogP contribution in [-0.4, -0.2) is 10.8 Å². The fraction of sp³-hybridized carbons (Fsp3) is 0.200. The molecule has 98 valence electrons. The van der Waals surface area contributed by atoms with Crippen molar-refractivity contribution < 1.29 is 4.79 Å². The van der Waals surface area contributed by atoms with Gasteiger partial charge in [0.2, 0.25) is 0 Å². The second-order valence-electron chi connectivity index (χ2n) is 4.24. The highest BCUT2D eigenvalue weighted by Gasteiger charge is 2.12. The third-order valence-electron chi connectivity index (χ3n) is 2.86. The van der Waals surface area contributed by atoms with Gasteiger partial charge in [0, 0.05) is 21.9 Å². The van der Waals surface area contributed by atoms with Crippen LogP contribution in [-0.2, 0) is 12.8 Å². The molecule has 1 aromatic carbocycles. The Morgan fingerprint density at radius 3 is 2.74 bits per heavy atom. The minimum Gasteiger partial charge on any atom is -0.294 e. The molecule has 2 nitrogen and oxygen atoms in total. The van der Waals surface area contributed by atoms with Crippen molar-refractivity contribution in [1.82, 2.24) is 4.98 Å². The predicted octanol–water partition coefficient (Wildman–Crippen LogP) is 4.49. The average Bonchev–Trinajstić information content (AvgIpc) is 2.42. The molecule has 1 aromatic heterocycles. The van der Waals surface area contributed by atoms with Crippen molar-refractivity contribution in [2.75, 3.05) is 0 Å². The molecule has 0 atom stereocenters. The second kappa shape index (κ2) is 6.31. The lowest BCUT2D eigenvalue weighted by Gasteiger charge is -2.05. The number of carbonyl (C=O) groups is 1. The molecule has 0 aliphatic carbocycles. The van der Waals surface area contributed by atoms with Crippen LogP contribution in [0.15, 0.2) is 41.0 Å². The summed E-state index contributed by atoms with van der Waals surface area (Å²) in [6.07, 6.45) is 3.02. The van der Waals surface area contributed by atoms with Gasteiger partial charge in [0.15, 0.2) is 5.78 Å². The van der Waals surface area contributed by atoms with Gasteiger partial charge >= 0.3 is 0 Å². The molecule has 2 rings (SSSR count). The van der Waals surface area contributed by atoms with Gasteiger partial charge in [0.25, 0.3) is 0 Å². The maximum absolute atomic E-state index is 12.2. The summed E-state index contributed by atoms with van der Waals surface area (Å²) in [6.45, 7) is 2.07. The number of rotatable bonds is 4. The Morgan fingerprint density at radius 1 is 1.32 bits per heavy atom. The van der Waals surface area contributed by atoms with Gasteiger partial charge in [-0.25, -0.2) is 0 Å². The van der Waals surface area contributed by atoms with Crippen LogP contribution in [0.2, 0.25) is 5.02 Å². The minimum atomic E-state index is -0.0250. The molecule has 0 bridgehead atoms. The number of aryl methyl sites for hydroxylation is 1. The average molecular weight is 339 g/mol. The quantitative estimate of drug-likeness (QED) is 0.769. The highest BCUT2D eigenvalue weighted by molar-refractivity contribution is 9.10. The number of ketones is 1. The molecule has 0 radical (unpaired) electrons. The Morgan fingerprint density at radius 2 is 2.11 bits per heavy atom. The molecule has 0 saturated carbocycles. The van der Waals surface area contributed by atoms with Gasteiger partial charge in [-0.2, -0.15) is 0 Å². The summed E-state index contributed by atoms with van der Waals surface area (Å²) in [6, 6.07) is 9.16. The van der Waals surface area contributed by atoms with Gasteiger partial charge in [0.05, 0.1) is 11.4 Å². The molecule has 0 spiro atoms. The van der Waals surface area contributed by atoms with E-state index in [0.29, 0.717) is 10.6 Å². The lowest BCUT2D eigenvalue weighted by molar-refractivity contribution is 0.0992. The molecule has 4 heteroatoms. The summed E-state index contributed by atoms with van der Waals surface area (Å²) in [5.41, 5.74) is 2.45. The summed E-state index contributed by atoms with van der Waals surface area (Å²) in [5.74, 6) is -0.0250. The lowest BCUT2D eigenvalue weighted by Crippen LogP contribution is -2.06. The molecular weight excluding hydrogens is 326 g/mol. The Bertz CT molecular complexity index is 596. The molecule has 0 aliphatic heterocycles. The molecule has 0 fully saturated rings. The molecular formula is C15H13BrClNO. The van der Waals surface area contributed by atoms with Gasteiger partial charge in [-0.3, -0.25) is 9.78 Å². The fourth-order valence-electron chi connectivity index (χ4n) is 1.74. The zero-order valence-electron chi connectivity index (χ0n) is 10.5. The van der Waals surface area contributed by atoms with Crippen molar-refractivity contribution in [3.05, 3.63) is 62.8 Å². The summed E-state index contributed by atoms with van der Waals surface area (Å²) < 4.78 is 0.842. The largest absolute Gasteiger partial charge is 0.294 e. The van der Waals surface area contributed by atoms with Crippen LogP contribution < -0.4 is 0 Å². The Kier molecular flexibility index (Phi) is 4.72. The summed E-state index contributed by atoms with van der Waals surface area (Å²) >= 11 is 9.39. The molecule has 1 heterocycles. The topological polar surface area (TPSA) is 30.0 Å². The molecule has 0 saturated heterocycles. The summed E-state index contributed by atoms with van der Waals surface area (Å²) in [7, 11) is 0. The molecule has 0 amide bonds. The number of hydrogen-bond acceptors (Lipinski definition) is 2. The Hall–Kier alpha value is -1.19. The zero-order valence-corrected chi connectivity index (χ0v) is 12.8. The van der Waals surface area contributed by atoms with E-state index in [2.05, 4.69) is 27.8 Å². The molecule has 19 heavy (non-hydrogen) atoms. The highest BCUT2D eigenvalue weighted by Crippen LogP contribution is 2.22. The van der Waals surface area contributed by atoms with Gasteiger partial charge in [-0.05, 0) is 36.2 Å². The third kappa shape index (κ3) is 3.64. The van der Waals surface area contributed by atoms with Crippen LogP contribution in [0.1, 0.15) is 28.5 Å². The van der Waals surface area contributed by atoms with Gasteiger partial charge in [0.1, 0.15) is 0 Å². The third-order valence-corrected chi connectivity index (χ3v) is 3.69. The van der Waals surface area contributed by atoms with Crippen LogP contribution in [0.25, 0.3) is 0 Å². The van der Waals surface area contributed by atoms with E-state index in [4.69, 9.17) is 11.6 Å². The van der Waals surface area contributed by atoms with Crippen LogP contribution >= 0.6 is 27.5 Å². The standard InChI is InChI=1S/C15H13BrClNO/c1-2-10-3-5-12(18-9-10)8-15(19)13-7-11(16)4-6-14(13)17/h3-7,9H,2,8H2,1H3. The first-order valence-electron chi connectivity index (χ1n) is 6.02. The maximum Gasteiger partial charge on any atom is 0.170 e. The first kappa shape index (κ1) is 14.2. The first-order valence-corrected chi connectivity index (χ1v) is 7.19. The predicted molar refractivity (Wildman–Crippen MR) is 80.8 cm³/mol. The highest BCUT2D eigenvalue weighted by atomic mass is 79.9. The number of hydrogen-bond donors (Lipinski definition) is 0. The van der Waals surface area contributed by atoms with Gasteiger partial charge in [-0.15, -0.1) is 0 Å². The lowest BCUT2D eigenvalue weighted by atomic mass is 10.1. The molecule has 0 unspecified atom stereocenters. The Labute approximate surface area is 126 Å². The van der Waals surface area contributed by atoms with E-state index in [-0.39, 0.29) is 12.2 Å². The summed E-state index contributed by atoms with van der Waals surface area (Å²) in [5, 5.41) is 0.471. The fourth-order valence-corrected chi connectivity index (χ4v) is 2.32. The van der Waals surface area contributed by atoms with Crippen molar-refractivity contribution in [2.24, 2.45) is 0 Å². The number of aromatic nitrogens is 1. The van der Waals surface area contributed by atoms with Crippen molar-refractivity contribution in [3.63, 3.8) is 0 Å². The number of Topliss-reactive ketones (excluding diaryl/α,β-unsaturated/α-hetero) is 1. The second-order valence-corrected chi connectivity index (χ2v) is 5.56. The van der Waals surface area contributed by atoms with Crippen LogP contribution in [0.5, 0.6) is 0 Å². The number of nitrogens with zero attached hydrogens (tertiary/aromatic N) is 1. The zero-order chi connectivity index (χ0) is 13.8. The van der Waals surface area contributed by atoms with E-state index >= 15 is 0 Å². The van der Waals surface area contributed by atoms with Crippen molar-refractivity contribution in [2.45, 2.75) is 19.8 Å².